The Morgan fingerprint density at radius 1 is 0.544 bits per heavy atom. The molecule has 328 valence electrons. The predicted molar refractivity (Wildman–Crippen MR) is 238 cm³/mol. The molecule has 0 spiro atoms. The van der Waals surface area contributed by atoms with Crippen LogP contribution >= 0.6 is 7.82 Å². The Kier molecular flexibility index (Phi) is 41.1. The second-order valence-electron chi connectivity index (χ2n) is 14.5. The first-order valence-electron chi connectivity index (χ1n) is 22.4. The maximum atomic E-state index is 12.6. The number of ether oxygens (including phenoxy) is 2. The van der Waals surface area contributed by atoms with Gasteiger partial charge in [-0.05, 0) is 83.5 Å². The van der Waals surface area contributed by atoms with Crippen molar-refractivity contribution >= 4 is 19.8 Å². The summed E-state index contributed by atoms with van der Waals surface area (Å²) in [6.07, 6.45) is 52.1. The molecule has 57 heavy (non-hydrogen) atoms. The molecule has 1 unspecified atom stereocenters. The van der Waals surface area contributed by atoms with Crippen LogP contribution in [-0.4, -0.2) is 49.3 Å². The first-order valence-corrected chi connectivity index (χ1v) is 23.9. The van der Waals surface area contributed by atoms with Crippen molar-refractivity contribution in [2.45, 2.75) is 187 Å². The van der Waals surface area contributed by atoms with Crippen LogP contribution in [0.1, 0.15) is 181 Å². The van der Waals surface area contributed by atoms with E-state index in [2.05, 4.69) is 86.8 Å². The number of nitrogens with two attached hydrogens (primary N) is 1. The Hall–Kier alpha value is -2.55. The summed E-state index contributed by atoms with van der Waals surface area (Å²) in [5.74, 6) is -0.865. The highest BCUT2D eigenvalue weighted by Gasteiger charge is 2.26. The zero-order valence-corrected chi connectivity index (χ0v) is 36.9. The van der Waals surface area contributed by atoms with E-state index in [-0.39, 0.29) is 32.6 Å². The van der Waals surface area contributed by atoms with Crippen molar-refractivity contribution in [1.82, 2.24) is 0 Å². The molecule has 0 heterocycles. The molecule has 0 saturated carbocycles. The number of allylic oxidation sites excluding steroid dienone is 12. The molecule has 0 radical (unpaired) electrons. The van der Waals surface area contributed by atoms with Gasteiger partial charge >= 0.3 is 19.8 Å². The molecule has 0 saturated heterocycles. The summed E-state index contributed by atoms with van der Waals surface area (Å²) in [4.78, 5) is 34.9. The summed E-state index contributed by atoms with van der Waals surface area (Å²) in [5, 5.41) is 0. The second-order valence-corrected chi connectivity index (χ2v) is 16.0. The average molecular weight is 820 g/mol. The van der Waals surface area contributed by atoms with Gasteiger partial charge in [0.1, 0.15) is 6.61 Å². The Bertz CT molecular complexity index is 1160. The fourth-order valence-electron chi connectivity index (χ4n) is 5.77. The first-order chi connectivity index (χ1) is 27.8. The number of phosphoric ester groups is 1. The monoisotopic (exact) mass is 820 g/mol. The van der Waals surface area contributed by atoms with Crippen molar-refractivity contribution in [2.24, 2.45) is 5.73 Å². The maximum absolute atomic E-state index is 12.6. The van der Waals surface area contributed by atoms with E-state index < -0.39 is 32.5 Å². The number of carbonyl (C=O) groups is 2. The number of esters is 2. The van der Waals surface area contributed by atoms with E-state index >= 15 is 0 Å². The largest absolute Gasteiger partial charge is 0.472 e. The Morgan fingerprint density at radius 2 is 0.965 bits per heavy atom. The first kappa shape index (κ1) is 54.5. The summed E-state index contributed by atoms with van der Waals surface area (Å²) in [6, 6.07) is 0. The molecule has 0 aromatic heterocycles. The number of phosphoric acid groups is 1. The highest BCUT2D eigenvalue weighted by Crippen LogP contribution is 2.43. The van der Waals surface area contributed by atoms with E-state index in [0.29, 0.717) is 12.8 Å². The summed E-state index contributed by atoms with van der Waals surface area (Å²) < 4.78 is 32.8. The minimum absolute atomic E-state index is 0.0456. The van der Waals surface area contributed by atoms with E-state index in [1.165, 1.54) is 57.8 Å². The molecule has 3 N–H and O–H groups in total. The molecule has 0 amide bonds. The van der Waals surface area contributed by atoms with Gasteiger partial charge in [0.05, 0.1) is 13.2 Å². The van der Waals surface area contributed by atoms with Gasteiger partial charge in [-0.15, -0.1) is 0 Å². The van der Waals surface area contributed by atoms with Crippen LogP contribution < -0.4 is 5.73 Å². The number of unbranched alkanes of at least 4 members (excludes halogenated alkanes) is 16. The van der Waals surface area contributed by atoms with Crippen LogP contribution in [0.4, 0.5) is 0 Å². The van der Waals surface area contributed by atoms with E-state index in [9.17, 15) is 19.0 Å². The maximum Gasteiger partial charge on any atom is 0.472 e. The summed E-state index contributed by atoms with van der Waals surface area (Å²) >= 11 is 0. The lowest BCUT2D eigenvalue weighted by atomic mass is 10.1. The van der Waals surface area contributed by atoms with Gasteiger partial charge < -0.3 is 20.1 Å². The van der Waals surface area contributed by atoms with Crippen molar-refractivity contribution in [3.8, 4) is 0 Å². The average Bonchev–Trinajstić information content (AvgIpc) is 3.20. The van der Waals surface area contributed by atoms with Gasteiger partial charge in [0.2, 0.25) is 0 Å². The Balaban J connectivity index is 4.19. The normalized spacial score (nSPS) is 14.0. The number of hydrogen-bond acceptors (Lipinski definition) is 8. The fraction of sp³-hybridized carbons (Fsp3) is 0.702. The van der Waals surface area contributed by atoms with Crippen LogP contribution in [0.25, 0.3) is 0 Å². The van der Waals surface area contributed by atoms with Crippen molar-refractivity contribution in [3.05, 3.63) is 72.9 Å². The SMILES string of the molecule is CCC=CCC=CCC=CCC=CCCCCCCC(=O)OC[C@H](COP(=O)(O)OCCN)OC(=O)CCCCCCCCCCCC=CCC=CCCCCC. The quantitative estimate of drug-likeness (QED) is 0.0267. The zero-order valence-electron chi connectivity index (χ0n) is 36.0. The van der Waals surface area contributed by atoms with Crippen LogP contribution in [0.15, 0.2) is 72.9 Å². The van der Waals surface area contributed by atoms with Crippen LogP contribution in [0, 0.1) is 0 Å². The van der Waals surface area contributed by atoms with Gasteiger partial charge in [-0.3, -0.25) is 18.6 Å². The number of carbonyl (C=O) groups excluding carboxylic acids is 2. The summed E-state index contributed by atoms with van der Waals surface area (Å²) in [5.41, 5.74) is 5.35. The second kappa shape index (κ2) is 43.0. The minimum atomic E-state index is -4.39. The molecule has 0 aromatic carbocycles. The summed E-state index contributed by atoms with van der Waals surface area (Å²) in [7, 11) is -4.39. The molecule has 0 fully saturated rings. The minimum Gasteiger partial charge on any atom is -0.462 e. The highest BCUT2D eigenvalue weighted by atomic mass is 31.2. The summed E-state index contributed by atoms with van der Waals surface area (Å²) in [6.45, 7) is 3.55. The van der Waals surface area contributed by atoms with Crippen molar-refractivity contribution in [3.63, 3.8) is 0 Å². The Labute approximate surface area is 348 Å². The van der Waals surface area contributed by atoms with E-state index in [0.717, 1.165) is 83.5 Å². The smallest absolute Gasteiger partial charge is 0.462 e. The molecule has 0 aromatic rings. The van der Waals surface area contributed by atoms with Crippen LogP contribution in [0.3, 0.4) is 0 Å². The molecular formula is C47H82NO8P. The van der Waals surface area contributed by atoms with Crippen molar-refractivity contribution < 1.29 is 37.6 Å². The van der Waals surface area contributed by atoms with Gasteiger partial charge in [0, 0.05) is 19.4 Å². The molecule has 2 atom stereocenters. The van der Waals surface area contributed by atoms with Crippen LogP contribution in [-0.2, 0) is 32.7 Å². The molecule has 0 aliphatic carbocycles. The van der Waals surface area contributed by atoms with Gasteiger partial charge in [-0.2, -0.15) is 0 Å². The Morgan fingerprint density at radius 3 is 1.44 bits per heavy atom. The molecule has 9 nitrogen and oxygen atoms in total. The standard InChI is InChI=1S/C47H82NO8P/c1-3-5-7-9-11-13-15-17-19-21-22-24-26-28-30-32-34-36-38-40-47(50)56-45(44-55-57(51,52)54-42-41-48)43-53-46(49)39-37-35-33-31-29-27-25-23-20-18-16-14-12-10-8-6-4-2/h6,8,11-14,17-20,25,27,45H,3-5,7,9-10,15-16,21-24,26,28-44,48H2,1-2H3,(H,51,52)/t45-/m1/s1. The predicted octanol–water partition coefficient (Wildman–Crippen LogP) is 13.1. The zero-order chi connectivity index (χ0) is 41.8. The third-order valence-corrected chi connectivity index (χ3v) is 10.1. The van der Waals surface area contributed by atoms with E-state index in [4.69, 9.17) is 24.3 Å². The van der Waals surface area contributed by atoms with E-state index in [1.807, 2.05) is 0 Å². The van der Waals surface area contributed by atoms with Crippen molar-refractivity contribution in [1.29, 1.82) is 0 Å². The third kappa shape index (κ3) is 42.9. The molecule has 0 rings (SSSR count). The lowest BCUT2D eigenvalue weighted by molar-refractivity contribution is -0.161. The van der Waals surface area contributed by atoms with E-state index in [1.54, 1.807) is 0 Å². The molecule has 0 aliphatic heterocycles. The van der Waals surface area contributed by atoms with Gasteiger partial charge in [0.25, 0.3) is 0 Å². The number of hydrogen-bond donors (Lipinski definition) is 2. The lowest BCUT2D eigenvalue weighted by Crippen LogP contribution is -2.29. The van der Waals surface area contributed by atoms with Gasteiger partial charge in [0.15, 0.2) is 6.10 Å². The van der Waals surface area contributed by atoms with Gasteiger partial charge in [-0.25, -0.2) is 4.57 Å². The fourth-order valence-corrected chi connectivity index (χ4v) is 6.54. The molecule has 10 heteroatoms. The van der Waals surface area contributed by atoms with Gasteiger partial charge in [-0.1, -0.05) is 157 Å². The third-order valence-electron chi connectivity index (χ3n) is 9.08. The highest BCUT2D eigenvalue weighted by molar-refractivity contribution is 7.47. The van der Waals surface area contributed by atoms with Crippen LogP contribution in [0.5, 0.6) is 0 Å². The number of rotatable bonds is 41. The van der Waals surface area contributed by atoms with Crippen LogP contribution in [0.2, 0.25) is 0 Å². The van der Waals surface area contributed by atoms with Crippen molar-refractivity contribution in [2.75, 3.05) is 26.4 Å². The molecular weight excluding hydrogens is 737 g/mol. The topological polar surface area (TPSA) is 134 Å². The molecule has 0 aliphatic rings. The molecule has 0 bridgehead atoms. The lowest BCUT2D eigenvalue weighted by Gasteiger charge is -2.19.